The van der Waals surface area contributed by atoms with E-state index in [4.69, 9.17) is 0 Å². The molecule has 108 valence electrons. The molecule has 2 N–H and O–H groups in total. The lowest BCUT2D eigenvalue weighted by molar-refractivity contribution is -0.123. The molecule has 0 bridgehead atoms. The van der Waals surface area contributed by atoms with E-state index in [1.54, 1.807) is 0 Å². The molecule has 20 heavy (non-hydrogen) atoms. The minimum atomic E-state index is 0.0573. The van der Waals surface area contributed by atoms with Crippen LogP contribution in [0, 0.1) is 0 Å². The van der Waals surface area contributed by atoms with Crippen LogP contribution < -0.4 is 10.6 Å². The van der Waals surface area contributed by atoms with Gasteiger partial charge in [0.25, 0.3) is 0 Å². The van der Waals surface area contributed by atoms with E-state index >= 15 is 0 Å². The maximum Gasteiger partial charge on any atom is 0.237 e. The fourth-order valence-corrected chi connectivity index (χ4v) is 3.51. The highest BCUT2D eigenvalue weighted by atomic mass is 16.2. The third-order valence-corrected chi connectivity index (χ3v) is 4.72. The quantitative estimate of drug-likeness (QED) is 0.888. The van der Waals surface area contributed by atoms with Gasteiger partial charge in [-0.25, -0.2) is 0 Å². The second kappa shape index (κ2) is 6.40. The van der Waals surface area contributed by atoms with Crippen LogP contribution in [0.5, 0.6) is 0 Å². The summed E-state index contributed by atoms with van der Waals surface area (Å²) in [5.41, 5.74) is 1.45. The van der Waals surface area contributed by atoms with Crippen LogP contribution in [0.4, 0.5) is 0 Å². The molecule has 1 aromatic rings. The van der Waals surface area contributed by atoms with E-state index in [1.165, 1.54) is 18.4 Å². The summed E-state index contributed by atoms with van der Waals surface area (Å²) in [5.74, 6) is 0.889. The zero-order valence-electron chi connectivity index (χ0n) is 12.0. The summed E-state index contributed by atoms with van der Waals surface area (Å²) >= 11 is 0. The topological polar surface area (TPSA) is 41.1 Å². The lowest BCUT2D eigenvalue weighted by Gasteiger charge is -2.30. The van der Waals surface area contributed by atoms with Crippen LogP contribution >= 0.6 is 0 Å². The summed E-state index contributed by atoms with van der Waals surface area (Å²) in [4.78, 5) is 12.1. The molecule has 0 radical (unpaired) electrons. The van der Waals surface area contributed by atoms with Gasteiger partial charge in [-0.05, 0) is 56.6 Å². The Kier molecular flexibility index (Phi) is 4.36. The van der Waals surface area contributed by atoms with Gasteiger partial charge < -0.3 is 10.6 Å². The molecule has 1 amide bonds. The molecule has 1 atom stereocenters. The van der Waals surface area contributed by atoms with Crippen LogP contribution in [0.1, 0.15) is 50.0 Å². The molecular weight excluding hydrogens is 248 g/mol. The molecular formula is C17H24N2O. The number of carbonyl (C=O) groups excluding carboxylic acids is 1. The average molecular weight is 272 g/mol. The highest BCUT2D eigenvalue weighted by molar-refractivity contribution is 5.82. The summed E-state index contributed by atoms with van der Waals surface area (Å²) in [6, 6.07) is 11.2. The molecule has 1 aliphatic carbocycles. The summed E-state index contributed by atoms with van der Waals surface area (Å²) < 4.78 is 0. The van der Waals surface area contributed by atoms with Crippen molar-refractivity contribution in [2.75, 3.05) is 6.54 Å². The monoisotopic (exact) mass is 272 g/mol. The van der Waals surface area contributed by atoms with Crippen LogP contribution in [0.3, 0.4) is 0 Å². The van der Waals surface area contributed by atoms with E-state index in [0.29, 0.717) is 12.0 Å². The van der Waals surface area contributed by atoms with Gasteiger partial charge in [0.05, 0.1) is 6.04 Å². The fourth-order valence-electron chi connectivity index (χ4n) is 3.51. The van der Waals surface area contributed by atoms with Crippen molar-refractivity contribution in [1.29, 1.82) is 0 Å². The van der Waals surface area contributed by atoms with E-state index in [9.17, 15) is 4.79 Å². The normalized spacial score (nSPS) is 30.1. The Morgan fingerprint density at radius 2 is 1.80 bits per heavy atom. The van der Waals surface area contributed by atoms with E-state index in [-0.39, 0.29) is 11.9 Å². The third-order valence-electron chi connectivity index (χ3n) is 4.72. The highest BCUT2D eigenvalue weighted by Gasteiger charge is 2.27. The molecule has 2 aliphatic rings. The lowest BCUT2D eigenvalue weighted by Crippen LogP contribution is -2.46. The first-order chi connectivity index (χ1) is 9.83. The summed E-state index contributed by atoms with van der Waals surface area (Å²) in [6.45, 7) is 0.985. The van der Waals surface area contributed by atoms with Crippen molar-refractivity contribution in [2.45, 2.75) is 56.5 Å². The Morgan fingerprint density at radius 3 is 2.45 bits per heavy atom. The number of benzene rings is 1. The first-order valence-corrected chi connectivity index (χ1v) is 7.91. The molecule has 0 unspecified atom stereocenters. The number of hydrogen-bond donors (Lipinski definition) is 2. The third kappa shape index (κ3) is 3.21. The first-order valence-electron chi connectivity index (χ1n) is 7.91. The van der Waals surface area contributed by atoms with Crippen LogP contribution in [0.2, 0.25) is 0 Å². The smallest absolute Gasteiger partial charge is 0.237 e. The standard InChI is InChI=1S/C17H24N2O/c20-17(16-7-4-12-18-16)19-15-10-8-14(9-11-15)13-5-2-1-3-6-13/h1-3,5-6,14-16,18H,4,7-12H2,(H,19,20)/t14?,15?,16-/m1/s1. The van der Waals surface area contributed by atoms with E-state index in [1.807, 2.05) is 0 Å². The molecule has 1 aliphatic heterocycles. The number of nitrogens with one attached hydrogen (secondary N) is 2. The van der Waals surface area contributed by atoms with Crippen molar-refractivity contribution >= 4 is 5.91 Å². The van der Waals surface area contributed by atoms with Crippen LogP contribution in [0.25, 0.3) is 0 Å². The number of rotatable bonds is 3. The van der Waals surface area contributed by atoms with Gasteiger partial charge >= 0.3 is 0 Å². The van der Waals surface area contributed by atoms with E-state index in [0.717, 1.165) is 32.2 Å². The van der Waals surface area contributed by atoms with Gasteiger partial charge in [0, 0.05) is 6.04 Å². The molecule has 1 heterocycles. The molecule has 1 aromatic carbocycles. The Hall–Kier alpha value is -1.35. The molecule has 0 spiro atoms. The van der Waals surface area contributed by atoms with Crippen LogP contribution in [0.15, 0.2) is 30.3 Å². The Morgan fingerprint density at radius 1 is 1.05 bits per heavy atom. The van der Waals surface area contributed by atoms with Crippen LogP contribution in [-0.2, 0) is 4.79 Å². The van der Waals surface area contributed by atoms with Crippen LogP contribution in [-0.4, -0.2) is 24.5 Å². The molecule has 3 nitrogen and oxygen atoms in total. The summed E-state index contributed by atoms with van der Waals surface area (Å²) in [7, 11) is 0. The maximum atomic E-state index is 12.1. The second-order valence-corrected chi connectivity index (χ2v) is 6.12. The summed E-state index contributed by atoms with van der Waals surface area (Å²) in [6.07, 6.45) is 6.71. The van der Waals surface area contributed by atoms with Gasteiger partial charge in [-0.1, -0.05) is 30.3 Å². The van der Waals surface area contributed by atoms with E-state index in [2.05, 4.69) is 41.0 Å². The fraction of sp³-hybridized carbons (Fsp3) is 0.588. The van der Waals surface area contributed by atoms with Gasteiger partial charge in [-0.15, -0.1) is 0 Å². The Balaban J connectivity index is 1.47. The zero-order chi connectivity index (χ0) is 13.8. The van der Waals surface area contributed by atoms with Crippen molar-refractivity contribution in [2.24, 2.45) is 0 Å². The van der Waals surface area contributed by atoms with Gasteiger partial charge in [0.2, 0.25) is 5.91 Å². The molecule has 1 saturated carbocycles. The number of amides is 1. The first kappa shape index (κ1) is 13.6. The van der Waals surface area contributed by atoms with Gasteiger partial charge in [-0.2, -0.15) is 0 Å². The number of carbonyl (C=O) groups is 1. The van der Waals surface area contributed by atoms with Gasteiger partial charge in [0.1, 0.15) is 0 Å². The van der Waals surface area contributed by atoms with Gasteiger partial charge in [-0.3, -0.25) is 4.79 Å². The minimum Gasteiger partial charge on any atom is -0.352 e. The minimum absolute atomic E-state index is 0.0573. The van der Waals surface area contributed by atoms with E-state index < -0.39 is 0 Å². The van der Waals surface area contributed by atoms with Crippen molar-refractivity contribution in [3.8, 4) is 0 Å². The maximum absolute atomic E-state index is 12.1. The molecule has 3 heteroatoms. The van der Waals surface area contributed by atoms with Crippen molar-refractivity contribution < 1.29 is 4.79 Å². The molecule has 0 aromatic heterocycles. The van der Waals surface area contributed by atoms with Gasteiger partial charge in [0.15, 0.2) is 0 Å². The average Bonchev–Trinajstić information content (AvgIpc) is 3.03. The predicted octanol–water partition coefficient (Wildman–Crippen LogP) is 2.58. The number of hydrogen-bond acceptors (Lipinski definition) is 2. The molecule has 2 fully saturated rings. The zero-order valence-corrected chi connectivity index (χ0v) is 12.0. The lowest BCUT2D eigenvalue weighted by atomic mass is 9.81. The second-order valence-electron chi connectivity index (χ2n) is 6.12. The van der Waals surface area contributed by atoms with Crippen molar-refractivity contribution in [1.82, 2.24) is 10.6 Å². The largest absolute Gasteiger partial charge is 0.352 e. The van der Waals surface area contributed by atoms with Crippen molar-refractivity contribution in [3.05, 3.63) is 35.9 Å². The van der Waals surface area contributed by atoms with Crippen molar-refractivity contribution in [3.63, 3.8) is 0 Å². The SMILES string of the molecule is O=C(NC1CCC(c2ccccc2)CC1)[C@H]1CCCN1. The molecule has 3 rings (SSSR count). The highest BCUT2D eigenvalue weighted by Crippen LogP contribution is 2.32. The molecule has 1 saturated heterocycles. The predicted molar refractivity (Wildman–Crippen MR) is 80.6 cm³/mol. The Labute approximate surface area is 121 Å². The Bertz CT molecular complexity index is 432. The summed E-state index contributed by atoms with van der Waals surface area (Å²) in [5, 5.41) is 6.50.